The average Bonchev–Trinajstić information content (AvgIpc) is 2.64. The molecule has 172 valence electrons. The standard InChI is InChI=1S/C21H29F2N3O4S/c1-21(20(28)24-16-8-6-4-3-5-7-9-16)14-25(31(2,29)30)13-19(27)26(21)18-11-10-15(22)12-17(18)23/h10-12,16H,3-9,13-14H2,1-2H3,(H,24,28). The van der Waals surface area contributed by atoms with Crippen LogP contribution >= 0.6 is 0 Å². The van der Waals surface area contributed by atoms with Gasteiger partial charge in [-0.2, -0.15) is 4.31 Å². The van der Waals surface area contributed by atoms with Gasteiger partial charge in [0.15, 0.2) is 0 Å². The Labute approximate surface area is 181 Å². The van der Waals surface area contributed by atoms with E-state index < -0.39 is 45.6 Å². The third kappa shape index (κ3) is 5.23. The van der Waals surface area contributed by atoms with Crippen LogP contribution in [0.5, 0.6) is 0 Å². The van der Waals surface area contributed by atoms with Gasteiger partial charge >= 0.3 is 0 Å². The fraction of sp³-hybridized carbons (Fsp3) is 0.619. The molecule has 0 radical (unpaired) electrons. The Morgan fingerprint density at radius 2 is 1.74 bits per heavy atom. The average molecular weight is 458 g/mol. The quantitative estimate of drug-likeness (QED) is 0.753. The Kier molecular flexibility index (Phi) is 7.00. The normalized spacial score (nSPS) is 24.5. The van der Waals surface area contributed by atoms with E-state index in [1.165, 1.54) is 6.92 Å². The highest BCUT2D eigenvalue weighted by Crippen LogP contribution is 2.33. The molecule has 2 amide bonds. The summed E-state index contributed by atoms with van der Waals surface area (Å²) in [6.07, 6.45) is 7.79. The maximum absolute atomic E-state index is 14.6. The van der Waals surface area contributed by atoms with Gasteiger partial charge in [0, 0.05) is 18.7 Å². The van der Waals surface area contributed by atoms with Gasteiger partial charge in [-0.3, -0.25) is 14.5 Å². The number of carbonyl (C=O) groups excluding carboxylic acids is 2. The van der Waals surface area contributed by atoms with E-state index in [1.54, 1.807) is 0 Å². The molecule has 10 heteroatoms. The molecule has 1 saturated heterocycles. The van der Waals surface area contributed by atoms with Crippen molar-refractivity contribution in [3.8, 4) is 0 Å². The molecule has 3 rings (SSSR count). The predicted octanol–water partition coefficient (Wildman–Crippen LogP) is 2.56. The number of anilines is 1. The smallest absolute Gasteiger partial charge is 0.247 e. The summed E-state index contributed by atoms with van der Waals surface area (Å²) in [7, 11) is -3.78. The van der Waals surface area contributed by atoms with E-state index in [4.69, 9.17) is 0 Å². The van der Waals surface area contributed by atoms with Gasteiger partial charge < -0.3 is 5.32 Å². The van der Waals surface area contributed by atoms with Crippen molar-refractivity contribution in [1.82, 2.24) is 9.62 Å². The summed E-state index contributed by atoms with van der Waals surface area (Å²) in [4.78, 5) is 27.4. The van der Waals surface area contributed by atoms with E-state index in [2.05, 4.69) is 5.32 Å². The number of halogens is 2. The van der Waals surface area contributed by atoms with Crippen LogP contribution in [0.15, 0.2) is 18.2 Å². The molecular formula is C21H29F2N3O4S. The fourth-order valence-electron chi connectivity index (χ4n) is 4.38. The zero-order valence-electron chi connectivity index (χ0n) is 17.9. The van der Waals surface area contributed by atoms with Crippen molar-refractivity contribution >= 4 is 27.5 Å². The lowest BCUT2D eigenvalue weighted by Crippen LogP contribution is -2.70. The third-order valence-corrected chi connectivity index (χ3v) is 7.28. The van der Waals surface area contributed by atoms with Crippen LogP contribution in [0.25, 0.3) is 0 Å². The molecule has 1 unspecified atom stereocenters. The molecule has 2 fully saturated rings. The number of piperazine rings is 1. The number of hydrogen-bond acceptors (Lipinski definition) is 4. The molecule has 0 bridgehead atoms. The van der Waals surface area contributed by atoms with Crippen LogP contribution in [0.2, 0.25) is 0 Å². The molecule has 1 aromatic carbocycles. The third-order valence-electron chi connectivity index (χ3n) is 6.09. The lowest BCUT2D eigenvalue weighted by molar-refractivity contribution is -0.133. The van der Waals surface area contributed by atoms with Crippen molar-refractivity contribution in [2.45, 2.75) is 63.5 Å². The van der Waals surface area contributed by atoms with Crippen molar-refractivity contribution in [3.05, 3.63) is 29.8 Å². The summed E-state index contributed by atoms with van der Waals surface area (Å²) in [6, 6.07) is 2.63. The highest BCUT2D eigenvalue weighted by molar-refractivity contribution is 7.88. The number of benzene rings is 1. The number of amides is 2. The summed E-state index contributed by atoms with van der Waals surface area (Å²) in [5.74, 6) is -3.11. The molecule has 1 aliphatic heterocycles. The van der Waals surface area contributed by atoms with E-state index >= 15 is 0 Å². The Morgan fingerprint density at radius 3 is 2.32 bits per heavy atom. The zero-order chi connectivity index (χ0) is 22.8. The first-order valence-corrected chi connectivity index (χ1v) is 12.4. The van der Waals surface area contributed by atoms with Gasteiger partial charge in [-0.05, 0) is 31.9 Å². The first kappa shape index (κ1) is 23.6. The Balaban J connectivity index is 1.97. The van der Waals surface area contributed by atoms with E-state index in [-0.39, 0.29) is 18.3 Å². The summed E-state index contributed by atoms with van der Waals surface area (Å²) >= 11 is 0. The molecule has 1 N–H and O–H groups in total. The number of carbonyl (C=O) groups is 2. The Bertz CT molecular complexity index is 948. The molecule has 0 spiro atoms. The topological polar surface area (TPSA) is 86.8 Å². The van der Waals surface area contributed by atoms with Crippen LogP contribution in [0.3, 0.4) is 0 Å². The minimum Gasteiger partial charge on any atom is -0.351 e. The molecule has 31 heavy (non-hydrogen) atoms. The van der Waals surface area contributed by atoms with E-state index in [1.807, 2.05) is 0 Å². The molecule has 1 heterocycles. The monoisotopic (exact) mass is 457 g/mol. The van der Waals surface area contributed by atoms with Gasteiger partial charge in [-0.15, -0.1) is 0 Å². The summed E-state index contributed by atoms with van der Waals surface area (Å²) in [6.45, 7) is 0.568. The molecular weight excluding hydrogens is 428 g/mol. The second kappa shape index (κ2) is 9.20. The van der Waals surface area contributed by atoms with Gasteiger partial charge in [0.05, 0.1) is 18.5 Å². The molecule has 0 aromatic heterocycles. The van der Waals surface area contributed by atoms with E-state index in [0.29, 0.717) is 6.07 Å². The van der Waals surface area contributed by atoms with E-state index in [9.17, 15) is 26.8 Å². The lowest BCUT2D eigenvalue weighted by atomic mass is 9.92. The van der Waals surface area contributed by atoms with Crippen LogP contribution < -0.4 is 10.2 Å². The van der Waals surface area contributed by atoms with Crippen molar-refractivity contribution < 1.29 is 26.8 Å². The van der Waals surface area contributed by atoms with Gasteiger partial charge in [0.2, 0.25) is 21.8 Å². The summed E-state index contributed by atoms with van der Waals surface area (Å²) in [5.41, 5.74) is -1.95. The number of rotatable bonds is 4. The first-order chi connectivity index (χ1) is 14.5. The van der Waals surface area contributed by atoms with Crippen LogP contribution in [0, 0.1) is 11.6 Å². The second-order valence-corrected chi connectivity index (χ2v) is 10.6. The largest absolute Gasteiger partial charge is 0.351 e. The Morgan fingerprint density at radius 1 is 1.13 bits per heavy atom. The van der Waals surface area contributed by atoms with Gasteiger partial charge in [0.1, 0.15) is 17.2 Å². The Hall–Kier alpha value is -2.07. The summed E-state index contributed by atoms with van der Waals surface area (Å²) < 4.78 is 53.3. The zero-order valence-corrected chi connectivity index (χ0v) is 18.7. The molecule has 2 aliphatic rings. The molecule has 1 atom stereocenters. The SMILES string of the molecule is CC1(C(=O)NC2CCCCCCC2)CN(S(C)(=O)=O)CC(=O)N1c1ccc(F)cc1F. The molecule has 1 aliphatic carbocycles. The van der Waals surface area contributed by atoms with Crippen molar-refractivity contribution in [2.75, 3.05) is 24.2 Å². The molecule has 1 saturated carbocycles. The maximum Gasteiger partial charge on any atom is 0.247 e. The van der Waals surface area contributed by atoms with Crippen LogP contribution in [-0.4, -0.2) is 55.5 Å². The van der Waals surface area contributed by atoms with Crippen LogP contribution in [0.4, 0.5) is 14.5 Å². The fourth-order valence-corrected chi connectivity index (χ4v) is 5.21. The lowest BCUT2D eigenvalue weighted by Gasteiger charge is -2.47. The number of hydrogen-bond donors (Lipinski definition) is 1. The number of nitrogens with one attached hydrogen (secondary N) is 1. The minimum absolute atomic E-state index is 0.103. The minimum atomic E-state index is -3.78. The summed E-state index contributed by atoms with van der Waals surface area (Å²) in [5, 5.41) is 2.97. The highest BCUT2D eigenvalue weighted by atomic mass is 32.2. The van der Waals surface area contributed by atoms with Gasteiger partial charge in [0.25, 0.3) is 0 Å². The number of sulfonamides is 1. The predicted molar refractivity (Wildman–Crippen MR) is 113 cm³/mol. The van der Waals surface area contributed by atoms with Gasteiger partial charge in [-0.1, -0.05) is 32.1 Å². The van der Waals surface area contributed by atoms with Gasteiger partial charge in [-0.25, -0.2) is 17.2 Å². The van der Waals surface area contributed by atoms with Crippen LogP contribution in [-0.2, 0) is 19.6 Å². The van der Waals surface area contributed by atoms with Crippen LogP contribution in [0.1, 0.15) is 51.9 Å². The molecule has 1 aromatic rings. The second-order valence-electron chi connectivity index (χ2n) is 8.65. The van der Waals surface area contributed by atoms with Crippen molar-refractivity contribution in [1.29, 1.82) is 0 Å². The first-order valence-electron chi connectivity index (χ1n) is 10.6. The van der Waals surface area contributed by atoms with E-state index in [0.717, 1.165) is 72.5 Å². The number of nitrogens with zero attached hydrogens (tertiary/aromatic N) is 2. The maximum atomic E-state index is 14.6. The molecule has 7 nitrogen and oxygen atoms in total. The van der Waals surface area contributed by atoms with Crippen molar-refractivity contribution in [3.63, 3.8) is 0 Å². The highest BCUT2D eigenvalue weighted by Gasteiger charge is 2.51. The van der Waals surface area contributed by atoms with Crippen molar-refractivity contribution in [2.24, 2.45) is 0 Å².